The molecule has 0 aliphatic carbocycles. The van der Waals surface area contributed by atoms with Crippen LogP contribution in [0, 0.1) is 6.92 Å². The summed E-state index contributed by atoms with van der Waals surface area (Å²) in [5.74, 6) is 0. The maximum Gasteiger partial charge on any atom is 0.0881 e. The smallest absolute Gasteiger partial charge is 0.0881 e. The van der Waals surface area contributed by atoms with Crippen molar-refractivity contribution < 1.29 is 0 Å². The molecule has 2 aromatic heterocycles. The molecule has 78 valence electrons. The Hall–Kier alpha value is -1.31. The van der Waals surface area contributed by atoms with Crippen LogP contribution in [0.3, 0.4) is 0 Å². The SMILES string of the molecule is CC.CC.Cc1ccc2[nH]ccc2n1. The van der Waals surface area contributed by atoms with Crippen LogP contribution in [0.25, 0.3) is 11.0 Å². The molecule has 14 heavy (non-hydrogen) atoms. The van der Waals surface area contributed by atoms with E-state index in [0.717, 1.165) is 16.7 Å². The van der Waals surface area contributed by atoms with Crippen molar-refractivity contribution in [1.29, 1.82) is 0 Å². The predicted molar refractivity (Wildman–Crippen MR) is 63.5 cm³/mol. The van der Waals surface area contributed by atoms with Crippen molar-refractivity contribution in [2.45, 2.75) is 34.6 Å². The number of H-pyrrole nitrogens is 1. The molecule has 2 heteroatoms. The van der Waals surface area contributed by atoms with E-state index in [9.17, 15) is 0 Å². The van der Waals surface area contributed by atoms with E-state index < -0.39 is 0 Å². The molecule has 0 spiro atoms. The van der Waals surface area contributed by atoms with Crippen LogP contribution in [-0.2, 0) is 0 Å². The average Bonchev–Trinajstić information content (AvgIpc) is 2.71. The number of hydrogen-bond acceptors (Lipinski definition) is 1. The van der Waals surface area contributed by atoms with Crippen molar-refractivity contribution in [2.75, 3.05) is 0 Å². The fourth-order valence-corrected chi connectivity index (χ4v) is 1.04. The van der Waals surface area contributed by atoms with Gasteiger partial charge >= 0.3 is 0 Å². The van der Waals surface area contributed by atoms with Gasteiger partial charge in [-0.3, -0.25) is 4.98 Å². The minimum absolute atomic E-state index is 1.04. The van der Waals surface area contributed by atoms with Gasteiger partial charge in [-0.15, -0.1) is 0 Å². The van der Waals surface area contributed by atoms with Crippen molar-refractivity contribution in [3.8, 4) is 0 Å². The molecule has 0 aliphatic rings. The zero-order valence-electron chi connectivity index (χ0n) is 9.76. The summed E-state index contributed by atoms with van der Waals surface area (Å²) in [6.45, 7) is 9.99. The molecule has 0 unspecified atom stereocenters. The third kappa shape index (κ3) is 3.21. The van der Waals surface area contributed by atoms with Crippen LogP contribution in [0.15, 0.2) is 24.4 Å². The first-order valence-corrected chi connectivity index (χ1v) is 5.27. The molecular formula is C12H20N2. The molecule has 0 amide bonds. The van der Waals surface area contributed by atoms with Crippen molar-refractivity contribution in [1.82, 2.24) is 9.97 Å². The lowest BCUT2D eigenvalue weighted by atomic mass is 10.3. The van der Waals surface area contributed by atoms with Crippen LogP contribution in [0.2, 0.25) is 0 Å². The van der Waals surface area contributed by atoms with Gasteiger partial charge in [-0.05, 0) is 25.1 Å². The lowest BCUT2D eigenvalue weighted by Gasteiger charge is -1.89. The highest BCUT2D eigenvalue weighted by atomic mass is 14.8. The number of aromatic nitrogens is 2. The summed E-state index contributed by atoms with van der Waals surface area (Å²) in [5, 5.41) is 0. The molecule has 0 radical (unpaired) electrons. The molecular weight excluding hydrogens is 172 g/mol. The Morgan fingerprint density at radius 3 is 2.29 bits per heavy atom. The molecule has 0 fully saturated rings. The lowest BCUT2D eigenvalue weighted by Crippen LogP contribution is -1.78. The zero-order chi connectivity index (χ0) is 11.0. The van der Waals surface area contributed by atoms with E-state index in [1.165, 1.54) is 0 Å². The first kappa shape index (κ1) is 12.7. The van der Waals surface area contributed by atoms with Gasteiger partial charge in [0, 0.05) is 11.9 Å². The van der Waals surface area contributed by atoms with Gasteiger partial charge < -0.3 is 4.98 Å². The molecule has 0 bridgehead atoms. The number of nitrogens with one attached hydrogen (secondary N) is 1. The molecule has 0 saturated heterocycles. The fraction of sp³-hybridized carbons (Fsp3) is 0.417. The maximum atomic E-state index is 4.30. The van der Waals surface area contributed by atoms with E-state index in [1.807, 2.05) is 59.0 Å². The van der Waals surface area contributed by atoms with Crippen molar-refractivity contribution >= 4 is 11.0 Å². The molecule has 0 aliphatic heterocycles. The number of nitrogens with zero attached hydrogens (tertiary/aromatic N) is 1. The molecule has 2 nitrogen and oxygen atoms in total. The number of fused-ring (bicyclic) bond motifs is 1. The summed E-state index contributed by atoms with van der Waals surface area (Å²) in [5.41, 5.74) is 3.21. The summed E-state index contributed by atoms with van der Waals surface area (Å²) in [6.07, 6.45) is 1.90. The molecule has 0 saturated carbocycles. The van der Waals surface area contributed by atoms with E-state index in [4.69, 9.17) is 0 Å². The van der Waals surface area contributed by atoms with E-state index in [-0.39, 0.29) is 0 Å². The molecule has 0 aromatic carbocycles. The number of hydrogen-bond donors (Lipinski definition) is 1. The van der Waals surface area contributed by atoms with Crippen molar-refractivity contribution in [3.63, 3.8) is 0 Å². The highest BCUT2D eigenvalue weighted by molar-refractivity contribution is 5.74. The van der Waals surface area contributed by atoms with Crippen LogP contribution in [0.4, 0.5) is 0 Å². The Kier molecular flexibility index (Phi) is 6.46. The maximum absolute atomic E-state index is 4.30. The fourth-order valence-electron chi connectivity index (χ4n) is 1.04. The van der Waals surface area contributed by atoms with Crippen LogP contribution in [0.5, 0.6) is 0 Å². The minimum atomic E-state index is 1.04. The lowest BCUT2D eigenvalue weighted by molar-refractivity contribution is 1.26. The third-order valence-corrected chi connectivity index (χ3v) is 1.54. The number of aromatic amines is 1. The van der Waals surface area contributed by atoms with Gasteiger partial charge in [0.05, 0.1) is 11.0 Å². The quantitative estimate of drug-likeness (QED) is 0.673. The van der Waals surface area contributed by atoms with Gasteiger partial charge in [0.2, 0.25) is 0 Å². The second-order valence-electron chi connectivity index (χ2n) is 2.36. The van der Waals surface area contributed by atoms with Crippen molar-refractivity contribution in [3.05, 3.63) is 30.1 Å². The zero-order valence-corrected chi connectivity index (χ0v) is 9.76. The Morgan fingerprint density at radius 2 is 1.64 bits per heavy atom. The summed E-state index contributed by atoms with van der Waals surface area (Å²) >= 11 is 0. The number of rotatable bonds is 0. The third-order valence-electron chi connectivity index (χ3n) is 1.54. The Morgan fingerprint density at radius 1 is 1.00 bits per heavy atom. The largest absolute Gasteiger partial charge is 0.360 e. The standard InChI is InChI=1S/C8H8N2.2C2H6/c1-6-2-3-7-8(10-6)4-5-9-7;2*1-2/h2-5,9H,1H3;2*1-2H3. The van der Waals surface area contributed by atoms with Crippen molar-refractivity contribution in [2.24, 2.45) is 0 Å². The van der Waals surface area contributed by atoms with Gasteiger partial charge in [0.25, 0.3) is 0 Å². The molecule has 0 atom stereocenters. The summed E-state index contributed by atoms with van der Waals surface area (Å²) in [6, 6.07) is 6.01. The minimum Gasteiger partial charge on any atom is -0.360 e. The monoisotopic (exact) mass is 192 g/mol. The van der Waals surface area contributed by atoms with Gasteiger partial charge in [0.1, 0.15) is 0 Å². The molecule has 2 rings (SSSR count). The highest BCUT2D eigenvalue weighted by Gasteiger charge is 1.92. The molecule has 2 aromatic rings. The number of pyridine rings is 1. The van der Waals surface area contributed by atoms with Gasteiger partial charge in [-0.1, -0.05) is 27.7 Å². The molecule has 2 heterocycles. The van der Waals surface area contributed by atoms with Gasteiger partial charge in [-0.25, -0.2) is 0 Å². The summed E-state index contributed by atoms with van der Waals surface area (Å²) in [7, 11) is 0. The van der Waals surface area contributed by atoms with Crippen LogP contribution in [-0.4, -0.2) is 9.97 Å². The summed E-state index contributed by atoms with van der Waals surface area (Å²) < 4.78 is 0. The average molecular weight is 192 g/mol. The topological polar surface area (TPSA) is 28.7 Å². The highest BCUT2D eigenvalue weighted by Crippen LogP contribution is 2.08. The Bertz CT molecular complexity index is 350. The second-order valence-corrected chi connectivity index (χ2v) is 2.36. The van der Waals surface area contributed by atoms with E-state index in [2.05, 4.69) is 9.97 Å². The first-order valence-electron chi connectivity index (χ1n) is 5.27. The first-order chi connectivity index (χ1) is 6.86. The molecule has 1 N–H and O–H groups in total. The normalized spacial score (nSPS) is 8.36. The number of aryl methyl sites for hydroxylation is 1. The van der Waals surface area contributed by atoms with Crippen LogP contribution < -0.4 is 0 Å². The Balaban J connectivity index is 0.000000379. The van der Waals surface area contributed by atoms with Crippen LogP contribution in [0.1, 0.15) is 33.4 Å². The van der Waals surface area contributed by atoms with Gasteiger partial charge in [0.15, 0.2) is 0 Å². The van der Waals surface area contributed by atoms with E-state index >= 15 is 0 Å². The Labute approximate surface area is 86.4 Å². The summed E-state index contributed by atoms with van der Waals surface area (Å²) in [4.78, 5) is 7.39. The van der Waals surface area contributed by atoms with E-state index in [0.29, 0.717) is 0 Å². The van der Waals surface area contributed by atoms with Gasteiger partial charge in [-0.2, -0.15) is 0 Å². The predicted octanol–water partition coefficient (Wildman–Crippen LogP) is 3.92. The van der Waals surface area contributed by atoms with E-state index in [1.54, 1.807) is 0 Å². The van der Waals surface area contributed by atoms with Crippen LogP contribution >= 0.6 is 0 Å². The second kappa shape index (κ2) is 7.13.